The highest BCUT2D eigenvalue weighted by Gasteiger charge is 1.95. The Morgan fingerprint density at radius 2 is 2.32 bits per heavy atom. The molecule has 1 aromatic rings. The number of hydrogen-bond donors (Lipinski definition) is 3. The van der Waals surface area contributed by atoms with Crippen LogP contribution in [0.15, 0.2) is 23.7 Å². The summed E-state index contributed by atoms with van der Waals surface area (Å²) in [5.41, 5.74) is 2.57. The molecule has 0 aliphatic rings. The van der Waals surface area contributed by atoms with Crippen LogP contribution in [0.5, 0.6) is 0 Å². The van der Waals surface area contributed by atoms with Gasteiger partial charge in [-0.15, -0.1) is 0 Å². The first-order chi connectivity index (χ1) is 9.36. The lowest BCUT2D eigenvalue weighted by atomic mass is 10.3. The Morgan fingerprint density at radius 1 is 1.42 bits per heavy atom. The number of imidazole rings is 1. The summed E-state index contributed by atoms with van der Waals surface area (Å²) < 4.78 is 7.03. The summed E-state index contributed by atoms with van der Waals surface area (Å²) in [5, 5.41) is 3.17. The normalized spacial score (nSPS) is 11.6. The zero-order valence-electron chi connectivity index (χ0n) is 11.5. The van der Waals surface area contributed by atoms with Gasteiger partial charge in [-0.05, 0) is 19.3 Å². The van der Waals surface area contributed by atoms with Crippen LogP contribution in [0.1, 0.15) is 19.3 Å². The molecule has 0 saturated carbocycles. The van der Waals surface area contributed by atoms with Crippen molar-refractivity contribution in [1.82, 2.24) is 20.3 Å². The van der Waals surface area contributed by atoms with Gasteiger partial charge in [0.05, 0.1) is 6.33 Å². The summed E-state index contributed by atoms with van der Waals surface area (Å²) in [6, 6.07) is 0. The van der Waals surface area contributed by atoms with Gasteiger partial charge in [0, 0.05) is 45.7 Å². The molecule has 0 unspecified atom stereocenters. The lowest BCUT2D eigenvalue weighted by Crippen LogP contribution is -2.42. The molecule has 0 aromatic carbocycles. The van der Waals surface area contributed by atoms with Crippen LogP contribution in [0.4, 0.5) is 0 Å². The third kappa shape index (κ3) is 7.43. The van der Waals surface area contributed by atoms with Crippen LogP contribution in [0.2, 0.25) is 0 Å². The Hall–Kier alpha value is -1.60. The van der Waals surface area contributed by atoms with Crippen LogP contribution in [0, 0.1) is 0 Å². The predicted octanol–water partition coefficient (Wildman–Crippen LogP) is 0.109. The molecule has 0 aliphatic carbocycles. The fourth-order valence-electron chi connectivity index (χ4n) is 1.60. The summed E-state index contributed by atoms with van der Waals surface area (Å²) in [7, 11) is 1.68. The molecule has 0 atom stereocenters. The van der Waals surface area contributed by atoms with Gasteiger partial charge in [-0.2, -0.15) is 0 Å². The van der Waals surface area contributed by atoms with E-state index in [1.165, 1.54) is 0 Å². The van der Waals surface area contributed by atoms with E-state index in [4.69, 9.17) is 10.6 Å². The molecule has 0 saturated heterocycles. The highest BCUT2D eigenvalue weighted by atomic mass is 16.5. The Bertz CT molecular complexity index is 338. The summed E-state index contributed by atoms with van der Waals surface area (Å²) in [6.45, 7) is 3.25. The number of nitrogens with two attached hydrogens (primary N) is 1. The smallest absolute Gasteiger partial charge is 0.205 e. The van der Waals surface area contributed by atoms with Gasteiger partial charge in [0.2, 0.25) is 5.96 Å². The van der Waals surface area contributed by atoms with Gasteiger partial charge in [-0.1, -0.05) is 0 Å². The molecule has 4 N–H and O–H groups in total. The number of hydrazine groups is 1. The van der Waals surface area contributed by atoms with Gasteiger partial charge in [0.25, 0.3) is 0 Å². The largest absolute Gasteiger partial charge is 0.385 e. The molecule has 0 bridgehead atoms. The molecule has 0 radical (unpaired) electrons. The van der Waals surface area contributed by atoms with Crippen molar-refractivity contribution in [2.75, 3.05) is 26.8 Å². The van der Waals surface area contributed by atoms with E-state index in [0.29, 0.717) is 19.1 Å². The molecule has 0 amide bonds. The SMILES string of the molecule is COCCCN=C(NN)NCCCCn1ccnc1. The van der Waals surface area contributed by atoms with Crippen molar-refractivity contribution in [3.05, 3.63) is 18.7 Å². The summed E-state index contributed by atoms with van der Waals surface area (Å²) >= 11 is 0. The Balaban J connectivity index is 2.05. The molecular formula is C12H24N6O. The van der Waals surface area contributed by atoms with Crippen molar-refractivity contribution in [3.63, 3.8) is 0 Å². The number of aliphatic imine (C=N–C) groups is 1. The standard InChI is InChI=1S/C12H24N6O/c1-19-10-4-6-16-12(17-13)15-5-2-3-8-18-9-7-14-11-18/h7,9,11H,2-6,8,10,13H2,1H3,(H2,15,16,17). The highest BCUT2D eigenvalue weighted by molar-refractivity contribution is 5.79. The van der Waals surface area contributed by atoms with E-state index in [1.54, 1.807) is 13.3 Å². The number of ether oxygens (including phenoxy) is 1. The van der Waals surface area contributed by atoms with Crippen molar-refractivity contribution in [2.45, 2.75) is 25.8 Å². The Labute approximate surface area is 114 Å². The zero-order valence-corrected chi connectivity index (χ0v) is 11.5. The van der Waals surface area contributed by atoms with Crippen molar-refractivity contribution in [3.8, 4) is 0 Å². The first-order valence-corrected chi connectivity index (χ1v) is 6.56. The van der Waals surface area contributed by atoms with E-state index >= 15 is 0 Å². The number of unbranched alkanes of at least 4 members (excludes halogenated alkanes) is 1. The second kappa shape index (κ2) is 10.3. The maximum atomic E-state index is 5.39. The molecule has 1 heterocycles. The third-order valence-corrected chi connectivity index (χ3v) is 2.61. The Morgan fingerprint density at radius 3 is 3.00 bits per heavy atom. The predicted molar refractivity (Wildman–Crippen MR) is 75.6 cm³/mol. The van der Waals surface area contributed by atoms with E-state index in [2.05, 4.69) is 25.3 Å². The molecule has 108 valence electrons. The second-order valence-corrected chi connectivity index (χ2v) is 4.16. The van der Waals surface area contributed by atoms with Gasteiger partial charge >= 0.3 is 0 Å². The fraction of sp³-hybridized carbons (Fsp3) is 0.667. The monoisotopic (exact) mass is 268 g/mol. The summed E-state index contributed by atoms with van der Waals surface area (Å²) in [6.07, 6.45) is 8.63. The van der Waals surface area contributed by atoms with E-state index in [-0.39, 0.29) is 0 Å². The number of aryl methyl sites for hydroxylation is 1. The lowest BCUT2D eigenvalue weighted by molar-refractivity contribution is 0.197. The average Bonchev–Trinajstić information content (AvgIpc) is 2.94. The van der Waals surface area contributed by atoms with Crippen LogP contribution in [0.25, 0.3) is 0 Å². The number of nitrogens with one attached hydrogen (secondary N) is 2. The number of hydrogen-bond acceptors (Lipinski definition) is 4. The molecule has 1 rings (SSSR count). The number of rotatable bonds is 9. The van der Waals surface area contributed by atoms with Gasteiger partial charge < -0.3 is 14.6 Å². The van der Waals surface area contributed by atoms with Crippen molar-refractivity contribution in [1.29, 1.82) is 0 Å². The van der Waals surface area contributed by atoms with Crippen molar-refractivity contribution < 1.29 is 4.74 Å². The summed E-state index contributed by atoms with van der Waals surface area (Å²) in [4.78, 5) is 8.30. The quantitative estimate of drug-likeness (QED) is 0.194. The number of aromatic nitrogens is 2. The fourth-order valence-corrected chi connectivity index (χ4v) is 1.60. The van der Waals surface area contributed by atoms with E-state index in [1.807, 2.05) is 12.5 Å². The lowest BCUT2D eigenvalue weighted by Gasteiger charge is -2.09. The van der Waals surface area contributed by atoms with Gasteiger partial charge in [-0.3, -0.25) is 10.4 Å². The van der Waals surface area contributed by atoms with Crippen molar-refractivity contribution >= 4 is 5.96 Å². The van der Waals surface area contributed by atoms with Gasteiger partial charge in [-0.25, -0.2) is 10.8 Å². The highest BCUT2D eigenvalue weighted by Crippen LogP contribution is 1.93. The summed E-state index contributed by atoms with van der Waals surface area (Å²) in [5.74, 6) is 6.03. The second-order valence-electron chi connectivity index (χ2n) is 4.16. The molecule has 0 aliphatic heterocycles. The maximum Gasteiger partial charge on any atom is 0.205 e. The van der Waals surface area contributed by atoms with Crippen LogP contribution in [0.3, 0.4) is 0 Å². The van der Waals surface area contributed by atoms with E-state index in [0.717, 1.165) is 32.4 Å². The zero-order chi connectivity index (χ0) is 13.8. The molecule has 7 nitrogen and oxygen atoms in total. The minimum atomic E-state index is 0.638. The van der Waals surface area contributed by atoms with E-state index < -0.39 is 0 Å². The Kier molecular flexibility index (Phi) is 8.41. The van der Waals surface area contributed by atoms with Gasteiger partial charge in [0.15, 0.2) is 0 Å². The number of methoxy groups -OCH3 is 1. The molecule has 19 heavy (non-hydrogen) atoms. The first kappa shape index (κ1) is 15.5. The minimum Gasteiger partial charge on any atom is -0.385 e. The minimum absolute atomic E-state index is 0.638. The average molecular weight is 268 g/mol. The molecule has 0 spiro atoms. The van der Waals surface area contributed by atoms with Crippen LogP contribution >= 0.6 is 0 Å². The molecular weight excluding hydrogens is 244 g/mol. The maximum absolute atomic E-state index is 5.39. The molecule has 7 heteroatoms. The van der Waals surface area contributed by atoms with E-state index in [9.17, 15) is 0 Å². The van der Waals surface area contributed by atoms with Crippen LogP contribution in [-0.4, -0.2) is 42.3 Å². The molecule has 1 aromatic heterocycles. The van der Waals surface area contributed by atoms with Crippen molar-refractivity contribution in [2.24, 2.45) is 10.8 Å². The van der Waals surface area contributed by atoms with Crippen LogP contribution in [-0.2, 0) is 11.3 Å². The van der Waals surface area contributed by atoms with Gasteiger partial charge in [0.1, 0.15) is 0 Å². The third-order valence-electron chi connectivity index (χ3n) is 2.61. The number of guanidine groups is 1. The number of nitrogens with zero attached hydrogens (tertiary/aromatic N) is 3. The topological polar surface area (TPSA) is 89.5 Å². The first-order valence-electron chi connectivity index (χ1n) is 6.56. The van der Waals surface area contributed by atoms with Crippen LogP contribution < -0.4 is 16.6 Å². The molecule has 0 fully saturated rings.